The normalized spacial score (nSPS) is 21.6. The van der Waals surface area contributed by atoms with Gasteiger partial charge < -0.3 is 19.6 Å². The van der Waals surface area contributed by atoms with E-state index < -0.39 is 5.97 Å². The number of carboxylic acids is 1. The summed E-state index contributed by atoms with van der Waals surface area (Å²) in [5, 5.41) is 8.81. The van der Waals surface area contributed by atoms with Gasteiger partial charge >= 0.3 is 12.0 Å². The topological polar surface area (TPSA) is 70.1 Å². The van der Waals surface area contributed by atoms with Crippen molar-refractivity contribution in [3.8, 4) is 0 Å². The molecule has 0 aromatic heterocycles. The van der Waals surface area contributed by atoms with Crippen LogP contribution in [0.15, 0.2) is 0 Å². The highest BCUT2D eigenvalue weighted by molar-refractivity contribution is 5.74. The second-order valence-electron chi connectivity index (χ2n) is 6.20. The van der Waals surface area contributed by atoms with Gasteiger partial charge in [-0.3, -0.25) is 4.79 Å². The second-order valence-corrected chi connectivity index (χ2v) is 6.20. The Kier molecular flexibility index (Phi) is 5.85. The molecule has 2 heterocycles. The Hall–Kier alpha value is -1.30. The summed E-state index contributed by atoms with van der Waals surface area (Å²) in [6, 6.07) is 0.125. The number of aliphatic carboxylic acids is 1. The third-order valence-corrected chi connectivity index (χ3v) is 4.64. The van der Waals surface area contributed by atoms with E-state index in [9.17, 15) is 9.59 Å². The van der Waals surface area contributed by atoms with Crippen LogP contribution in [0.5, 0.6) is 0 Å². The van der Waals surface area contributed by atoms with E-state index in [2.05, 4.69) is 0 Å². The molecule has 6 nitrogen and oxygen atoms in total. The van der Waals surface area contributed by atoms with Crippen molar-refractivity contribution < 1.29 is 19.4 Å². The molecule has 2 amide bonds. The Balaban J connectivity index is 1.74. The number of amides is 2. The van der Waals surface area contributed by atoms with Crippen molar-refractivity contribution in [2.24, 2.45) is 11.8 Å². The number of piperidine rings is 2. The Morgan fingerprint density at radius 1 is 1.00 bits per heavy atom. The lowest BCUT2D eigenvalue weighted by molar-refractivity contribution is -0.138. The zero-order valence-electron chi connectivity index (χ0n) is 12.8. The molecule has 0 bridgehead atoms. The van der Waals surface area contributed by atoms with Gasteiger partial charge in [0, 0.05) is 46.3 Å². The van der Waals surface area contributed by atoms with Gasteiger partial charge in [-0.2, -0.15) is 0 Å². The molecule has 6 heteroatoms. The summed E-state index contributed by atoms with van der Waals surface area (Å²) >= 11 is 0. The summed E-state index contributed by atoms with van der Waals surface area (Å²) in [6.45, 7) is 3.77. The molecule has 0 spiro atoms. The monoisotopic (exact) mass is 298 g/mol. The van der Waals surface area contributed by atoms with E-state index in [4.69, 9.17) is 9.84 Å². The lowest BCUT2D eigenvalue weighted by Gasteiger charge is -2.38. The van der Waals surface area contributed by atoms with Crippen LogP contribution in [0.25, 0.3) is 0 Å². The molecule has 120 valence electrons. The van der Waals surface area contributed by atoms with Crippen molar-refractivity contribution in [3.05, 3.63) is 0 Å². The number of urea groups is 1. The van der Waals surface area contributed by atoms with E-state index >= 15 is 0 Å². The van der Waals surface area contributed by atoms with Crippen molar-refractivity contribution in [3.63, 3.8) is 0 Å². The van der Waals surface area contributed by atoms with Crippen LogP contribution in [0, 0.1) is 11.8 Å². The molecule has 0 aromatic rings. The lowest BCUT2D eigenvalue weighted by Crippen LogP contribution is -2.49. The van der Waals surface area contributed by atoms with Crippen LogP contribution in [-0.4, -0.2) is 66.8 Å². The van der Waals surface area contributed by atoms with E-state index in [0.29, 0.717) is 19.0 Å². The number of carbonyl (C=O) groups is 2. The number of hydrogen-bond donors (Lipinski definition) is 1. The average molecular weight is 298 g/mol. The summed E-state index contributed by atoms with van der Waals surface area (Å²) in [5.74, 6) is 0.0549. The summed E-state index contributed by atoms with van der Waals surface area (Å²) in [4.78, 5) is 27.0. The van der Waals surface area contributed by atoms with Gasteiger partial charge in [-0.15, -0.1) is 0 Å². The maximum atomic E-state index is 12.5. The van der Waals surface area contributed by atoms with Crippen LogP contribution in [0.4, 0.5) is 4.79 Å². The number of rotatable bonds is 4. The Morgan fingerprint density at radius 2 is 1.48 bits per heavy atom. The van der Waals surface area contributed by atoms with Gasteiger partial charge in [0.2, 0.25) is 0 Å². The van der Waals surface area contributed by atoms with E-state index in [1.807, 2.05) is 9.80 Å². The molecule has 21 heavy (non-hydrogen) atoms. The third kappa shape index (κ3) is 4.59. The van der Waals surface area contributed by atoms with E-state index in [1.165, 1.54) is 0 Å². The first kappa shape index (κ1) is 16.1. The summed E-state index contributed by atoms with van der Waals surface area (Å²) in [7, 11) is 1.72. The van der Waals surface area contributed by atoms with Crippen molar-refractivity contribution in [1.29, 1.82) is 0 Å². The molecule has 0 aliphatic carbocycles. The highest BCUT2D eigenvalue weighted by atomic mass is 16.5. The maximum absolute atomic E-state index is 12.5. The SMILES string of the molecule is COCC1CCN(C(=O)N2CCC(CC(=O)O)CC2)CC1. The predicted octanol–water partition coefficient (Wildman–Crippen LogP) is 1.65. The highest BCUT2D eigenvalue weighted by Crippen LogP contribution is 2.23. The van der Waals surface area contributed by atoms with Crippen LogP contribution in [-0.2, 0) is 9.53 Å². The molecular formula is C15H26N2O4. The number of ether oxygens (including phenoxy) is 1. The fraction of sp³-hybridized carbons (Fsp3) is 0.867. The molecule has 2 aliphatic heterocycles. The third-order valence-electron chi connectivity index (χ3n) is 4.64. The maximum Gasteiger partial charge on any atom is 0.319 e. The lowest BCUT2D eigenvalue weighted by atomic mass is 9.93. The van der Waals surface area contributed by atoms with Crippen LogP contribution in [0.2, 0.25) is 0 Å². The largest absolute Gasteiger partial charge is 0.481 e. The molecule has 2 rings (SSSR count). The van der Waals surface area contributed by atoms with E-state index in [1.54, 1.807) is 7.11 Å². The van der Waals surface area contributed by atoms with Gasteiger partial charge in [-0.25, -0.2) is 4.79 Å². The molecule has 0 atom stereocenters. The zero-order chi connectivity index (χ0) is 15.2. The van der Waals surface area contributed by atoms with Crippen LogP contribution in [0.3, 0.4) is 0 Å². The van der Waals surface area contributed by atoms with Gasteiger partial charge in [0.15, 0.2) is 0 Å². The van der Waals surface area contributed by atoms with Crippen LogP contribution in [0.1, 0.15) is 32.1 Å². The first-order chi connectivity index (χ1) is 10.1. The predicted molar refractivity (Wildman–Crippen MR) is 78.1 cm³/mol. The molecule has 1 N–H and O–H groups in total. The Bertz CT molecular complexity index is 359. The fourth-order valence-corrected chi connectivity index (χ4v) is 3.30. The van der Waals surface area contributed by atoms with Gasteiger partial charge in [0.05, 0.1) is 0 Å². The smallest absolute Gasteiger partial charge is 0.319 e. The van der Waals surface area contributed by atoms with E-state index in [-0.39, 0.29) is 18.4 Å². The molecule has 0 saturated carbocycles. The van der Waals surface area contributed by atoms with Crippen molar-refractivity contribution in [2.75, 3.05) is 39.9 Å². The van der Waals surface area contributed by atoms with E-state index in [0.717, 1.165) is 45.4 Å². The standard InChI is InChI=1S/C15H26N2O4/c1-21-11-13-4-8-17(9-5-13)15(20)16-6-2-12(3-7-16)10-14(18)19/h12-13H,2-11H2,1H3,(H,18,19). The Labute approximate surface area is 126 Å². The first-order valence-electron chi connectivity index (χ1n) is 7.84. The quantitative estimate of drug-likeness (QED) is 0.857. The minimum absolute atomic E-state index is 0.125. The second kappa shape index (κ2) is 7.64. The first-order valence-corrected chi connectivity index (χ1v) is 7.84. The molecule has 2 saturated heterocycles. The molecule has 0 radical (unpaired) electrons. The molecule has 2 aliphatic rings. The fourth-order valence-electron chi connectivity index (χ4n) is 3.30. The van der Waals surface area contributed by atoms with Gasteiger partial charge in [0.1, 0.15) is 0 Å². The van der Waals surface area contributed by atoms with Gasteiger partial charge in [-0.1, -0.05) is 0 Å². The zero-order valence-corrected chi connectivity index (χ0v) is 12.8. The summed E-state index contributed by atoms with van der Waals surface area (Å²) in [5.41, 5.74) is 0. The minimum atomic E-state index is -0.736. The summed E-state index contributed by atoms with van der Waals surface area (Å²) in [6.07, 6.45) is 3.85. The van der Waals surface area contributed by atoms with Crippen molar-refractivity contribution in [1.82, 2.24) is 9.80 Å². The molecule has 0 unspecified atom stereocenters. The number of carbonyl (C=O) groups excluding carboxylic acids is 1. The highest BCUT2D eigenvalue weighted by Gasteiger charge is 2.29. The summed E-state index contributed by atoms with van der Waals surface area (Å²) < 4.78 is 5.17. The van der Waals surface area contributed by atoms with Gasteiger partial charge in [0.25, 0.3) is 0 Å². The molecule has 2 fully saturated rings. The van der Waals surface area contributed by atoms with Gasteiger partial charge in [-0.05, 0) is 37.5 Å². The number of carboxylic acid groups (broad SMARTS) is 1. The van der Waals surface area contributed by atoms with Crippen LogP contribution < -0.4 is 0 Å². The average Bonchev–Trinajstić information content (AvgIpc) is 2.48. The number of nitrogens with zero attached hydrogens (tertiary/aromatic N) is 2. The minimum Gasteiger partial charge on any atom is -0.481 e. The van der Waals surface area contributed by atoms with Crippen LogP contribution >= 0.6 is 0 Å². The number of hydrogen-bond acceptors (Lipinski definition) is 3. The number of methoxy groups -OCH3 is 1. The van der Waals surface area contributed by atoms with Crippen molar-refractivity contribution >= 4 is 12.0 Å². The molecule has 0 aromatic carbocycles. The number of likely N-dealkylation sites (tertiary alicyclic amines) is 2. The molecular weight excluding hydrogens is 272 g/mol. The van der Waals surface area contributed by atoms with Crippen molar-refractivity contribution in [2.45, 2.75) is 32.1 Å². The Morgan fingerprint density at radius 3 is 1.90 bits per heavy atom.